The van der Waals surface area contributed by atoms with Crippen LogP contribution >= 0.6 is 11.6 Å². The van der Waals surface area contributed by atoms with Crippen molar-refractivity contribution < 1.29 is 0 Å². The molecule has 0 fully saturated rings. The molecule has 0 aliphatic rings. The first-order chi connectivity index (χ1) is 6.61. The highest BCUT2D eigenvalue weighted by molar-refractivity contribution is 6.21. The lowest BCUT2D eigenvalue weighted by atomic mass is 9.93. The molecule has 0 amide bonds. The fourth-order valence-electron chi connectivity index (χ4n) is 1.53. The summed E-state index contributed by atoms with van der Waals surface area (Å²) in [4.78, 5) is 4.00. The first kappa shape index (κ1) is 11.5. The van der Waals surface area contributed by atoms with Gasteiger partial charge < -0.3 is 0 Å². The fourth-order valence-corrected chi connectivity index (χ4v) is 2.03. The van der Waals surface area contributed by atoms with Crippen LogP contribution in [-0.2, 0) is 0 Å². The van der Waals surface area contributed by atoms with Gasteiger partial charge in [0.1, 0.15) is 0 Å². The van der Waals surface area contributed by atoms with Crippen molar-refractivity contribution in [3.63, 3.8) is 0 Å². The first-order valence-corrected chi connectivity index (χ1v) is 5.59. The molecule has 0 spiro atoms. The zero-order valence-corrected chi connectivity index (χ0v) is 9.83. The quantitative estimate of drug-likeness (QED) is 0.690. The van der Waals surface area contributed by atoms with Crippen LogP contribution in [-0.4, -0.2) is 10.4 Å². The van der Waals surface area contributed by atoms with Crippen molar-refractivity contribution in [1.29, 1.82) is 0 Å². The summed E-state index contributed by atoms with van der Waals surface area (Å²) in [5, 5.41) is 0.220. The van der Waals surface area contributed by atoms with E-state index in [1.165, 1.54) is 5.56 Å². The van der Waals surface area contributed by atoms with Crippen molar-refractivity contribution in [1.82, 2.24) is 4.98 Å². The molecular formula is C12H18ClN. The Labute approximate surface area is 91.5 Å². The van der Waals surface area contributed by atoms with Crippen molar-refractivity contribution in [2.45, 2.75) is 38.5 Å². The van der Waals surface area contributed by atoms with Crippen LogP contribution in [0, 0.1) is 5.92 Å². The van der Waals surface area contributed by atoms with Gasteiger partial charge in [0, 0.05) is 17.8 Å². The van der Waals surface area contributed by atoms with Gasteiger partial charge in [-0.25, -0.2) is 0 Å². The van der Waals surface area contributed by atoms with E-state index in [1.807, 2.05) is 24.5 Å². The average molecular weight is 212 g/mol. The van der Waals surface area contributed by atoms with Gasteiger partial charge in [0.05, 0.1) is 0 Å². The molecule has 1 aromatic rings. The Morgan fingerprint density at radius 3 is 2.29 bits per heavy atom. The molecule has 0 saturated heterocycles. The van der Waals surface area contributed by atoms with Crippen LogP contribution < -0.4 is 0 Å². The predicted molar refractivity (Wildman–Crippen MR) is 61.7 cm³/mol. The second-order valence-electron chi connectivity index (χ2n) is 4.21. The number of rotatable bonds is 4. The molecule has 2 atom stereocenters. The van der Waals surface area contributed by atoms with Gasteiger partial charge in [0.25, 0.3) is 0 Å². The van der Waals surface area contributed by atoms with E-state index in [2.05, 4.69) is 25.8 Å². The Morgan fingerprint density at radius 1 is 1.21 bits per heavy atom. The summed E-state index contributed by atoms with van der Waals surface area (Å²) in [6.07, 6.45) is 4.71. The molecule has 14 heavy (non-hydrogen) atoms. The monoisotopic (exact) mass is 211 g/mol. The number of hydrogen-bond acceptors (Lipinski definition) is 1. The molecule has 0 radical (unpaired) electrons. The van der Waals surface area contributed by atoms with Gasteiger partial charge in [-0.1, -0.05) is 20.8 Å². The van der Waals surface area contributed by atoms with E-state index in [4.69, 9.17) is 11.6 Å². The van der Waals surface area contributed by atoms with Crippen LogP contribution in [0.2, 0.25) is 0 Å². The molecule has 1 nitrogen and oxygen atoms in total. The third-order valence-electron chi connectivity index (χ3n) is 2.47. The highest BCUT2D eigenvalue weighted by Crippen LogP contribution is 2.27. The number of pyridine rings is 1. The summed E-state index contributed by atoms with van der Waals surface area (Å²) in [5.74, 6) is 1.06. The smallest absolute Gasteiger partial charge is 0.0404 e. The van der Waals surface area contributed by atoms with E-state index < -0.39 is 0 Å². The normalized spacial score (nSPS) is 15.5. The van der Waals surface area contributed by atoms with E-state index in [1.54, 1.807) is 0 Å². The molecule has 78 valence electrons. The topological polar surface area (TPSA) is 12.9 Å². The second-order valence-corrected chi connectivity index (χ2v) is 4.78. The molecule has 1 heterocycles. The lowest BCUT2D eigenvalue weighted by Crippen LogP contribution is -2.12. The Bertz CT molecular complexity index is 258. The number of nitrogens with zero attached hydrogens (tertiary/aromatic N) is 1. The molecule has 0 N–H and O–H groups in total. The summed E-state index contributed by atoms with van der Waals surface area (Å²) in [6.45, 7) is 6.58. The molecule has 1 aromatic heterocycles. The molecule has 2 heteroatoms. The number of aromatic nitrogens is 1. The minimum Gasteiger partial charge on any atom is -0.265 e. The molecular weight excluding hydrogens is 194 g/mol. The Balaban J connectivity index is 2.61. The van der Waals surface area contributed by atoms with Gasteiger partial charge in [0.2, 0.25) is 0 Å². The molecule has 0 aromatic carbocycles. The fraction of sp³-hybridized carbons (Fsp3) is 0.583. The SMILES string of the molecule is CC(C)CC(Cl)C(C)c1ccncc1. The van der Waals surface area contributed by atoms with E-state index in [-0.39, 0.29) is 5.38 Å². The Hall–Kier alpha value is -0.560. The van der Waals surface area contributed by atoms with Crippen LogP contribution in [0.5, 0.6) is 0 Å². The lowest BCUT2D eigenvalue weighted by molar-refractivity contribution is 0.524. The number of alkyl halides is 1. The van der Waals surface area contributed by atoms with Crippen LogP contribution in [0.4, 0.5) is 0 Å². The van der Waals surface area contributed by atoms with Crippen molar-refractivity contribution in [2.75, 3.05) is 0 Å². The Kier molecular flexibility index (Phi) is 4.40. The third-order valence-corrected chi connectivity index (χ3v) is 3.03. The summed E-state index contributed by atoms with van der Waals surface area (Å²) < 4.78 is 0. The van der Waals surface area contributed by atoms with Crippen molar-refractivity contribution in [3.05, 3.63) is 30.1 Å². The van der Waals surface area contributed by atoms with Gasteiger partial charge in [-0.2, -0.15) is 0 Å². The lowest BCUT2D eigenvalue weighted by Gasteiger charge is -2.19. The van der Waals surface area contributed by atoms with Crippen molar-refractivity contribution in [3.8, 4) is 0 Å². The van der Waals surface area contributed by atoms with Gasteiger partial charge >= 0.3 is 0 Å². The zero-order chi connectivity index (χ0) is 10.6. The summed E-state index contributed by atoms with van der Waals surface area (Å²) in [6, 6.07) is 4.08. The maximum absolute atomic E-state index is 6.34. The van der Waals surface area contributed by atoms with Gasteiger partial charge in [-0.15, -0.1) is 11.6 Å². The van der Waals surface area contributed by atoms with Crippen molar-refractivity contribution >= 4 is 11.6 Å². The first-order valence-electron chi connectivity index (χ1n) is 5.15. The predicted octanol–water partition coefficient (Wildman–Crippen LogP) is 3.84. The van der Waals surface area contributed by atoms with Gasteiger partial charge in [0.15, 0.2) is 0 Å². The molecule has 2 unspecified atom stereocenters. The van der Waals surface area contributed by atoms with E-state index >= 15 is 0 Å². The van der Waals surface area contributed by atoms with Gasteiger partial charge in [-0.3, -0.25) is 4.98 Å². The third kappa shape index (κ3) is 3.30. The van der Waals surface area contributed by atoms with E-state index in [9.17, 15) is 0 Å². The van der Waals surface area contributed by atoms with Crippen LogP contribution in [0.15, 0.2) is 24.5 Å². The summed E-state index contributed by atoms with van der Waals surface area (Å²) in [5.41, 5.74) is 1.28. The van der Waals surface area contributed by atoms with Gasteiger partial charge in [-0.05, 0) is 36.0 Å². The standard InChI is InChI=1S/C12H18ClN/c1-9(2)8-12(13)10(3)11-4-6-14-7-5-11/h4-7,9-10,12H,8H2,1-3H3. The summed E-state index contributed by atoms with van der Waals surface area (Å²) in [7, 11) is 0. The van der Waals surface area contributed by atoms with E-state index in [0.29, 0.717) is 11.8 Å². The second kappa shape index (κ2) is 5.35. The van der Waals surface area contributed by atoms with Crippen LogP contribution in [0.1, 0.15) is 38.7 Å². The molecule has 0 aliphatic heterocycles. The largest absolute Gasteiger partial charge is 0.265 e. The highest BCUT2D eigenvalue weighted by Gasteiger charge is 2.17. The summed E-state index contributed by atoms with van der Waals surface area (Å²) >= 11 is 6.34. The number of halogens is 1. The maximum atomic E-state index is 6.34. The maximum Gasteiger partial charge on any atom is 0.0404 e. The molecule has 0 saturated carbocycles. The minimum atomic E-state index is 0.220. The average Bonchev–Trinajstić information content (AvgIpc) is 2.17. The van der Waals surface area contributed by atoms with Crippen LogP contribution in [0.25, 0.3) is 0 Å². The molecule has 0 bridgehead atoms. The van der Waals surface area contributed by atoms with E-state index in [0.717, 1.165) is 6.42 Å². The molecule has 1 rings (SSSR count). The highest BCUT2D eigenvalue weighted by atomic mass is 35.5. The van der Waals surface area contributed by atoms with Crippen LogP contribution in [0.3, 0.4) is 0 Å². The minimum absolute atomic E-state index is 0.220. The van der Waals surface area contributed by atoms with Crippen molar-refractivity contribution in [2.24, 2.45) is 5.92 Å². The Morgan fingerprint density at radius 2 is 1.79 bits per heavy atom. The zero-order valence-electron chi connectivity index (χ0n) is 9.07. The number of hydrogen-bond donors (Lipinski definition) is 0. The molecule has 0 aliphatic carbocycles.